The number of halogens is 1. The standard InChI is InChI=1S/C10H10ClN3O/c1-7-10(6-15)13-14(12-7)9-4-2-3-8(11)5-9/h2-5,15H,6H2,1H3. The normalized spacial score (nSPS) is 10.6. The van der Waals surface area contributed by atoms with Crippen molar-refractivity contribution in [2.45, 2.75) is 13.5 Å². The van der Waals surface area contributed by atoms with Crippen molar-refractivity contribution in [3.05, 3.63) is 40.7 Å². The molecule has 1 aromatic heterocycles. The predicted molar refractivity (Wildman–Crippen MR) is 57.0 cm³/mol. The average Bonchev–Trinajstić information content (AvgIpc) is 2.60. The Morgan fingerprint density at radius 1 is 1.40 bits per heavy atom. The Morgan fingerprint density at radius 3 is 2.80 bits per heavy atom. The molecule has 1 N–H and O–H groups in total. The lowest BCUT2D eigenvalue weighted by Gasteiger charge is -1.98. The van der Waals surface area contributed by atoms with E-state index in [-0.39, 0.29) is 6.61 Å². The van der Waals surface area contributed by atoms with Gasteiger partial charge in [0, 0.05) is 5.02 Å². The van der Waals surface area contributed by atoms with Crippen LogP contribution in [0.5, 0.6) is 0 Å². The van der Waals surface area contributed by atoms with Crippen LogP contribution in [0.1, 0.15) is 11.4 Å². The number of aromatic nitrogens is 3. The lowest BCUT2D eigenvalue weighted by molar-refractivity contribution is 0.275. The van der Waals surface area contributed by atoms with Gasteiger partial charge in [-0.15, -0.1) is 0 Å². The molecule has 0 spiro atoms. The van der Waals surface area contributed by atoms with E-state index in [2.05, 4.69) is 10.2 Å². The summed E-state index contributed by atoms with van der Waals surface area (Å²) < 4.78 is 0. The summed E-state index contributed by atoms with van der Waals surface area (Å²) in [6.45, 7) is 1.70. The number of nitrogens with zero attached hydrogens (tertiary/aromatic N) is 3. The Bertz CT molecular complexity index is 481. The molecule has 2 rings (SSSR count). The largest absolute Gasteiger partial charge is 0.390 e. The number of benzene rings is 1. The Kier molecular flexibility index (Phi) is 2.70. The zero-order valence-electron chi connectivity index (χ0n) is 8.18. The Balaban J connectivity index is 2.45. The highest BCUT2D eigenvalue weighted by atomic mass is 35.5. The maximum atomic E-state index is 8.99. The molecule has 0 saturated heterocycles. The molecule has 78 valence electrons. The number of aliphatic hydroxyl groups is 1. The minimum atomic E-state index is -0.105. The Morgan fingerprint density at radius 2 is 2.20 bits per heavy atom. The summed E-state index contributed by atoms with van der Waals surface area (Å²) in [6.07, 6.45) is 0. The minimum Gasteiger partial charge on any atom is -0.390 e. The molecule has 0 amide bonds. The van der Waals surface area contributed by atoms with E-state index < -0.39 is 0 Å². The topological polar surface area (TPSA) is 50.9 Å². The molecule has 0 unspecified atom stereocenters. The highest BCUT2D eigenvalue weighted by Crippen LogP contribution is 2.14. The molecule has 0 aliphatic rings. The van der Waals surface area contributed by atoms with E-state index in [1.807, 2.05) is 12.1 Å². The van der Waals surface area contributed by atoms with Crippen LogP contribution in [0.15, 0.2) is 24.3 Å². The fourth-order valence-corrected chi connectivity index (χ4v) is 1.46. The first kappa shape index (κ1) is 10.1. The van der Waals surface area contributed by atoms with Crippen LogP contribution >= 0.6 is 11.6 Å². The molecule has 2 aromatic rings. The number of hydrogen-bond donors (Lipinski definition) is 1. The third kappa shape index (κ3) is 2.00. The molecular formula is C10H10ClN3O. The van der Waals surface area contributed by atoms with Crippen LogP contribution in [-0.2, 0) is 6.61 Å². The van der Waals surface area contributed by atoms with E-state index in [0.717, 1.165) is 11.4 Å². The van der Waals surface area contributed by atoms with E-state index in [0.29, 0.717) is 10.7 Å². The smallest absolute Gasteiger partial charge is 0.111 e. The van der Waals surface area contributed by atoms with Gasteiger partial charge in [-0.1, -0.05) is 17.7 Å². The number of hydrogen-bond acceptors (Lipinski definition) is 3. The lowest BCUT2D eigenvalue weighted by atomic mass is 10.3. The molecule has 1 heterocycles. The van der Waals surface area contributed by atoms with Crippen LogP contribution in [-0.4, -0.2) is 20.1 Å². The molecule has 5 heteroatoms. The molecule has 15 heavy (non-hydrogen) atoms. The second-order valence-corrected chi connectivity index (χ2v) is 3.60. The first-order chi connectivity index (χ1) is 7.20. The molecule has 0 bridgehead atoms. The number of aliphatic hydroxyl groups excluding tert-OH is 1. The highest BCUT2D eigenvalue weighted by molar-refractivity contribution is 6.30. The third-order valence-corrected chi connectivity index (χ3v) is 2.30. The van der Waals surface area contributed by atoms with E-state index in [9.17, 15) is 0 Å². The van der Waals surface area contributed by atoms with Crippen molar-refractivity contribution >= 4 is 11.6 Å². The summed E-state index contributed by atoms with van der Waals surface area (Å²) in [5, 5.41) is 17.9. The van der Waals surface area contributed by atoms with Gasteiger partial charge in [0.1, 0.15) is 5.69 Å². The van der Waals surface area contributed by atoms with Gasteiger partial charge < -0.3 is 5.11 Å². The zero-order chi connectivity index (χ0) is 10.8. The summed E-state index contributed by atoms with van der Waals surface area (Å²) >= 11 is 5.86. The fraction of sp³-hybridized carbons (Fsp3) is 0.200. The molecule has 0 aliphatic heterocycles. The van der Waals surface area contributed by atoms with Gasteiger partial charge in [0.15, 0.2) is 0 Å². The van der Waals surface area contributed by atoms with E-state index >= 15 is 0 Å². The van der Waals surface area contributed by atoms with Crippen LogP contribution in [0.3, 0.4) is 0 Å². The monoisotopic (exact) mass is 223 g/mol. The molecule has 0 radical (unpaired) electrons. The first-order valence-electron chi connectivity index (χ1n) is 4.50. The van der Waals surface area contributed by atoms with E-state index in [1.54, 1.807) is 19.1 Å². The molecule has 0 fully saturated rings. The summed E-state index contributed by atoms with van der Waals surface area (Å²) in [6, 6.07) is 7.23. The van der Waals surface area contributed by atoms with Gasteiger partial charge in [0.25, 0.3) is 0 Å². The van der Waals surface area contributed by atoms with Crippen molar-refractivity contribution in [2.75, 3.05) is 0 Å². The summed E-state index contributed by atoms with van der Waals surface area (Å²) in [5.41, 5.74) is 2.08. The van der Waals surface area contributed by atoms with Gasteiger partial charge >= 0.3 is 0 Å². The maximum absolute atomic E-state index is 8.99. The Labute approximate surface area is 92.1 Å². The van der Waals surface area contributed by atoms with Gasteiger partial charge in [0.2, 0.25) is 0 Å². The number of aryl methyl sites for hydroxylation is 1. The van der Waals surface area contributed by atoms with E-state index in [1.165, 1.54) is 4.80 Å². The maximum Gasteiger partial charge on any atom is 0.111 e. The van der Waals surface area contributed by atoms with Gasteiger partial charge in [-0.25, -0.2) is 0 Å². The minimum absolute atomic E-state index is 0.105. The van der Waals surface area contributed by atoms with Crippen molar-refractivity contribution in [3.63, 3.8) is 0 Å². The highest BCUT2D eigenvalue weighted by Gasteiger charge is 2.06. The van der Waals surface area contributed by atoms with Crippen molar-refractivity contribution in [3.8, 4) is 5.69 Å². The first-order valence-corrected chi connectivity index (χ1v) is 4.88. The van der Waals surface area contributed by atoms with Gasteiger partial charge in [-0.3, -0.25) is 0 Å². The van der Waals surface area contributed by atoms with Crippen LogP contribution in [0.2, 0.25) is 5.02 Å². The van der Waals surface area contributed by atoms with Crippen LogP contribution in [0.4, 0.5) is 0 Å². The summed E-state index contributed by atoms with van der Waals surface area (Å²) in [5.74, 6) is 0. The van der Waals surface area contributed by atoms with Crippen molar-refractivity contribution < 1.29 is 5.11 Å². The Hall–Kier alpha value is -1.39. The van der Waals surface area contributed by atoms with Crippen LogP contribution in [0.25, 0.3) is 5.69 Å². The fourth-order valence-electron chi connectivity index (χ4n) is 1.27. The average molecular weight is 224 g/mol. The quantitative estimate of drug-likeness (QED) is 0.844. The zero-order valence-corrected chi connectivity index (χ0v) is 8.94. The van der Waals surface area contributed by atoms with Crippen molar-refractivity contribution in [2.24, 2.45) is 0 Å². The van der Waals surface area contributed by atoms with Crippen molar-refractivity contribution in [1.82, 2.24) is 15.0 Å². The van der Waals surface area contributed by atoms with Gasteiger partial charge in [0.05, 0.1) is 18.0 Å². The number of rotatable bonds is 2. The summed E-state index contributed by atoms with van der Waals surface area (Å²) in [4.78, 5) is 1.47. The molecule has 1 aromatic carbocycles. The molecule has 0 atom stereocenters. The van der Waals surface area contributed by atoms with Crippen molar-refractivity contribution in [1.29, 1.82) is 0 Å². The second kappa shape index (κ2) is 4.00. The predicted octanol–water partition coefficient (Wildman–Crippen LogP) is 1.72. The molecule has 4 nitrogen and oxygen atoms in total. The van der Waals surface area contributed by atoms with Crippen LogP contribution < -0.4 is 0 Å². The lowest BCUT2D eigenvalue weighted by Crippen LogP contribution is -1.99. The third-order valence-electron chi connectivity index (χ3n) is 2.07. The summed E-state index contributed by atoms with van der Waals surface area (Å²) in [7, 11) is 0. The van der Waals surface area contributed by atoms with Gasteiger partial charge in [-0.05, 0) is 25.1 Å². The van der Waals surface area contributed by atoms with E-state index in [4.69, 9.17) is 16.7 Å². The molecular weight excluding hydrogens is 214 g/mol. The second-order valence-electron chi connectivity index (χ2n) is 3.16. The molecule has 0 saturated carbocycles. The van der Waals surface area contributed by atoms with Crippen LogP contribution in [0, 0.1) is 6.92 Å². The molecule has 0 aliphatic carbocycles. The SMILES string of the molecule is Cc1nn(-c2cccc(Cl)c2)nc1CO. The van der Waals surface area contributed by atoms with Gasteiger partial charge in [-0.2, -0.15) is 15.0 Å².